The molecule has 3 rings (SSSR count). The lowest BCUT2D eigenvalue weighted by Crippen LogP contribution is -2.51. The summed E-state index contributed by atoms with van der Waals surface area (Å²) in [5.74, 6) is -1.37. The largest absolute Gasteiger partial charge is 0.417 e. The van der Waals surface area contributed by atoms with Crippen molar-refractivity contribution in [1.82, 2.24) is 10.2 Å². The number of amides is 2. The molecule has 14 heteroatoms. The van der Waals surface area contributed by atoms with Crippen LogP contribution in [0.1, 0.15) is 30.0 Å². The first kappa shape index (κ1) is 33.5. The van der Waals surface area contributed by atoms with Gasteiger partial charge in [0.05, 0.1) is 31.2 Å². The van der Waals surface area contributed by atoms with E-state index in [1.165, 1.54) is 43.4 Å². The molecule has 3 aromatic carbocycles. The summed E-state index contributed by atoms with van der Waals surface area (Å²) in [6.45, 7) is 2.29. The fraction of sp³-hybridized carbons (Fsp3) is 0.286. The van der Waals surface area contributed by atoms with Crippen molar-refractivity contribution in [1.29, 1.82) is 0 Å². The number of hydrogen-bond donors (Lipinski definition) is 1. The van der Waals surface area contributed by atoms with Crippen molar-refractivity contribution in [2.45, 2.75) is 43.9 Å². The third kappa shape index (κ3) is 7.69. The van der Waals surface area contributed by atoms with Crippen molar-refractivity contribution in [3.63, 3.8) is 0 Å². The summed E-state index contributed by atoms with van der Waals surface area (Å²) in [6.07, 6.45) is -4.75. The van der Waals surface area contributed by atoms with Crippen LogP contribution >= 0.6 is 34.8 Å². The Labute approximate surface area is 257 Å². The topological polar surface area (TPSA) is 86.8 Å². The van der Waals surface area contributed by atoms with Crippen molar-refractivity contribution in [2.75, 3.05) is 17.9 Å². The summed E-state index contributed by atoms with van der Waals surface area (Å²) < 4.78 is 69.5. The van der Waals surface area contributed by atoms with Gasteiger partial charge in [-0.2, -0.15) is 13.2 Å². The van der Waals surface area contributed by atoms with E-state index in [0.29, 0.717) is 15.9 Å². The number of anilines is 1. The molecule has 0 spiro atoms. The number of benzene rings is 3. The Hall–Kier alpha value is -2.99. The van der Waals surface area contributed by atoms with E-state index in [9.17, 15) is 31.2 Å². The minimum atomic E-state index is -4.90. The van der Waals surface area contributed by atoms with Crippen LogP contribution in [0.25, 0.3) is 0 Å². The Morgan fingerprint density at radius 2 is 1.55 bits per heavy atom. The number of likely N-dealkylation sites (N-methyl/N-ethyl adjacent to an activating group) is 1. The summed E-state index contributed by atoms with van der Waals surface area (Å²) in [7, 11) is -3.20. The van der Waals surface area contributed by atoms with Gasteiger partial charge in [-0.15, -0.1) is 0 Å². The first-order valence-electron chi connectivity index (χ1n) is 12.5. The molecule has 0 fully saturated rings. The van der Waals surface area contributed by atoms with Crippen LogP contribution in [-0.2, 0) is 32.3 Å². The van der Waals surface area contributed by atoms with E-state index in [1.54, 1.807) is 19.9 Å². The maximum atomic E-state index is 13.9. The normalized spacial score (nSPS) is 12.5. The molecule has 0 aliphatic heterocycles. The van der Waals surface area contributed by atoms with E-state index >= 15 is 0 Å². The maximum absolute atomic E-state index is 13.9. The molecule has 0 aliphatic carbocycles. The lowest BCUT2D eigenvalue weighted by Gasteiger charge is -2.33. The predicted octanol–water partition coefficient (Wildman–Crippen LogP) is 6.72. The third-order valence-electron chi connectivity index (χ3n) is 6.40. The number of nitrogens with one attached hydrogen (secondary N) is 1. The maximum Gasteiger partial charge on any atom is 0.417 e. The Balaban J connectivity index is 2.16. The average Bonchev–Trinajstić information content (AvgIpc) is 2.93. The molecule has 1 unspecified atom stereocenters. The summed E-state index contributed by atoms with van der Waals surface area (Å²) >= 11 is 17.9. The summed E-state index contributed by atoms with van der Waals surface area (Å²) in [5, 5.41) is 2.29. The molecule has 0 heterocycles. The Kier molecular flexibility index (Phi) is 10.8. The minimum Gasteiger partial charge on any atom is -0.357 e. The zero-order chi connectivity index (χ0) is 31.4. The molecule has 0 radical (unpaired) electrons. The van der Waals surface area contributed by atoms with Crippen LogP contribution in [0, 0.1) is 6.92 Å². The van der Waals surface area contributed by atoms with Gasteiger partial charge < -0.3 is 10.2 Å². The van der Waals surface area contributed by atoms with E-state index in [1.807, 2.05) is 0 Å². The average molecular weight is 665 g/mol. The van der Waals surface area contributed by atoms with Gasteiger partial charge in [0.25, 0.3) is 10.0 Å². The quantitative estimate of drug-likeness (QED) is 0.261. The van der Waals surface area contributed by atoms with Gasteiger partial charge in [-0.1, -0.05) is 65.5 Å². The molecule has 3 aromatic rings. The lowest BCUT2D eigenvalue weighted by molar-refractivity contribution is -0.140. The van der Waals surface area contributed by atoms with Crippen LogP contribution in [0.4, 0.5) is 18.9 Å². The van der Waals surface area contributed by atoms with Gasteiger partial charge in [-0.25, -0.2) is 8.42 Å². The molecule has 42 heavy (non-hydrogen) atoms. The highest BCUT2D eigenvalue weighted by Crippen LogP contribution is 2.38. The van der Waals surface area contributed by atoms with Crippen molar-refractivity contribution < 1.29 is 31.2 Å². The fourth-order valence-electron chi connectivity index (χ4n) is 4.17. The van der Waals surface area contributed by atoms with Gasteiger partial charge in [0.1, 0.15) is 12.6 Å². The minimum absolute atomic E-state index is 0.149. The van der Waals surface area contributed by atoms with E-state index in [4.69, 9.17) is 34.8 Å². The van der Waals surface area contributed by atoms with Crippen LogP contribution < -0.4 is 9.62 Å². The number of sulfonamides is 1. The molecule has 2 amide bonds. The molecule has 1 N–H and O–H groups in total. The number of rotatable bonds is 10. The number of alkyl halides is 3. The van der Waals surface area contributed by atoms with E-state index < -0.39 is 56.9 Å². The van der Waals surface area contributed by atoms with E-state index in [2.05, 4.69) is 5.32 Å². The Morgan fingerprint density at radius 1 is 0.929 bits per heavy atom. The molecule has 1 atom stereocenters. The third-order valence-corrected chi connectivity index (χ3v) is 9.26. The first-order chi connectivity index (χ1) is 19.6. The van der Waals surface area contributed by atoms with E-state index in [0.717, 1.165) is 22.6 Å². The monoisotopic (exact) mass is 663 g/mol. The number of carbonyl (C=O) groups is 2. The molecule has 0 bridgehead atoms. The smallest absolute Gasteiger partial charge is 0.357 e. The van der Waals surface area contributed by atoms with Crippen molar-refractivity contribution in [3.8, 4) is 0 Å². The lowest BCUT2D eigenvalue weighted by atomic mass is 10.1. The highest BCUT2D eigenvalue weighted by Gasteiger charge is 2.37. The molecule has 0 saturated heterocycles. The molecule has 0 aliphatic rings. The molecule has 7 nitrogen and oxygen atoms in total. The summed E-state index contributed by atoms with van der Waals surface area (Å²) in [5.41, 5.74) is -0.490. The Bertz CT molecular complexity index is 1570. The number of carbonyl (C=O) groups excluding carboxylic acids is 2. The zero-order valence-corrected chi connectivity index (χ0v) is 25.8. The number of nitrogens with zero attached hydrogens (tertiary/aromatic N) is 2. The van der Waals surface area contributed by atoms with Crippen LogP contribution in [0.5, 0.6) is 0 Å². The first-order valence-corrected chi connectivity index (χ1v) is 15.1. The Morgan fingerprint density at radius 3 is 2.10 bits per heavy atom. The standard InChI is InChI=1S/C28H27Cl3F3N3O4S/c1-4-25(27(39)35-3)36(15-18-7-11-23(30)24(31)13-18)26(38)16-37(42(40,41)20-9-5-17(2)6-10-20)19-8-12-22(29)21(14-19)28(32,33)34/h5-14,25H,4,15-16H2,1-3H3,(H,35,39). The van der Waals surface area contributed by atoms with Gasteiger partial charge in [0.15, 0.2) is 0 Å². The highest BCUT2D eigenvalue weighted by atomic mass is 35.5. The second-order valence-electron chi connectivity index (χ2n) is 9.30. The van der Waals surface area contributed by atoms with Gasteiger partial charge in [-0.05, 0) is 61.4 Å². The molecular formula is C28H27Cl3F3N3O4S. The fourth-order valence-corrected chi connectivity index (χ4v) is 6.12. The second-order valence-corrected chi connectivity index (χ2v) is 12.4. The van der Waals surface area contributed by atoms with Crippen molar-refractivity contribution in [3.05, 3.63) is 92.4 Å². The number of halogens is 6. The summed E-state index contributed by atoms with van der Waals surface area (Å²) in [4.78, 5) is 27.6. The molecule has 0 aromatic heterocycles. The van der Waals surface area contributed by atoms with Gasteiger partial charge in [-0.3, -0.25) is 13.9 Å². The van der Waals surface area contributed by atoms with Gasteiger partial charge in [0.2, 0.25) is 11.8 Å². The number of aryl methyl sites for hydroxylation is 1. The summed E-state index contributed by atoms with van der Waals surface area (Å²) in [6, 6.07) is 11.7. The van der Waals surface area contributed by atoms with Gasteiger partial charge >= 0.3 is 6.18 Å². The van der Waals surface area contributed by atoms with Crippen LogP contribution in [0.15, 0.2) is 65.6 Å². The molecular weight excluding hydrogens is 638 g/mol. The molecule has 0 saturated carbocycles. The highest BCUT2D eigenvalue weighted by molar-refractivity contribution is 7.92. The predicted molar refractivity (Wildman–Crippen MR) is 157 cm³/mol. The SMILES string of the molecule is CCC(C(=O)NC)N(Cc1ccc(Cl)c(Cl)c1)C(=O)CN(c1ccc(Cl)c(C(F)(F)F)c1)S(=O)(=O)c1ccc(C)cc1. The van der Waals surface area contributed by atoms with Crippen LogP contribution in [-0.4, -0.2) is 44.8 Å². The van der Waals surface area contributed by atoms with Crippen molar-refractivity contribution >= 4 is 62.3 Å². The van der Waals surface area contributed by atoms with Crippen LogP contribution in [0.3, 0.4) is 0 Å². The molecule has 226 valence electrons. The second kappa shape index (κ2) is 13.5. The zero-order valence-electron chi connectivity index (χ0n) is 22.7. The van der Waals surface area contributed by atoms with E-state index in [-0.39, 0.29) is 27.9 Å². The van der Waals surface area contributed by atoms with Crippen molar-refractivity contribution in [2.24, 2.45) is 0 Å². The van der Waals surface area contributed by atoms with Gasteiger partial charge in [0, 0.05) is 13.6 Å². The number of hydrogen-bond acceptors (Lipinski definition) is 4. The van der Waals surface area contributed by atoms with Crippen LogP contribution in [0.2, 0.25) is 15.1 Å².